The van der Waals surface area contributed by atoms with Gasteiger partial charge in [0.15, 0.2) is 0 Å². The smallest absolute Gasteiger partial charge is 0.235 e. The lowest BCUT2D eigenvalue weighted by Gasteiger charge is -2.15. The normalized spacial score (nSPS) is 12.2. The molecule has 0 amide bonds. The Hall–Kier alpha value is -17.1. The summed E-state index contributed by atoms with van der Waals surface area (Å²) in [6.45, 7) is 0. The summed E-state index contributed by atoms with van der Waals surface area (Å²) in [7, 11) is 0. The first-order chi connectivity index (χ1) is 63.5. The molecule has 11 nitrogen and oxygen atoms in total. The molecule has 592 valence electrons. The molecule has 0 aliphatic heterocycles. The standard InChI is InChI=1S/C116H66N10OS/c1-4-28-67(29-5-1)107-82-41-16-22-46-92(82)117-114(120-107)124-99-60-55-70(69-54-59-98-89(62-69)76-35-18-24-48-95(76)123(98)74-32-8-3-9-33-74)63-90(99)91-64-71(56-61-100(91)124)72-52-57-84-94(65-72)119-116(121-108(84)68-30-6-2-7-31-68)125-96-49-25-19-43-85(96)103-105-87-58-53-73(66-101(87)127-112(105)80-39-14-12-37-78(80)110(103)125)75-34-10-11-36-77(75)109-83-42-17-23-47-93(83)118-115(122-109)126-97-50-26-20-44-86(97)104-106-88-45-21-27-51-102(88)128-113(106)81-40-15-13-38-79(81)111(104)126/h1-66H. The molecule has 0 spiro atoms. The predicted molar refractivity (Wildman–Crippen MR) is 531 cm³/mol. The number of fused-ring (bicyclic) bond motifs is 29. The number of para-hydroxylation sites is 6. The second kappa shape index (κ2) is 27.2. The topological polar surface area (TPSA) is 110 Å². The van der Waals surface area contributed by atoms with Gasteiger partial charge in [0, 0.05) is 134 Å². The van der Waals surface area contributed by atoms with E-state index in [0.717, 1.165) is 209 Å². The van der Waals surface area contributed by atoms with E-state index < -0.39 is 0 Å². The zero-order valence-electron chi connectivity index (χ0n) is 68.4. The highest BCUT2D eigenvalue weighted by Gasteiger charge is 2.30. The molecule has 0 N–H and O–H groups in total. The Balaban J connectivity index is 0.613. The van der Waals surface area contributed by atoms with Gasteiger partial charge in [-0.2, -0.15) is 0 Å². The monoisotopic (exact) mass is 1650 g/mol. The molecule has 0 bridgehead atoms. The first-order valence-electron chi connectivity index (χ1n) is 43.3. The first kappa shape index (κ1) is 70.5. The summed E-state index contributed by atoms with van der Waals surface area (Å²) in [5.74, 6) is 1.75. The van der Waals surface area contributed by atoms with Crippen molar-refractivity contribution in [3.63, 3.8) is 0 Å². The van der Waals surface area contributed by atoms with Gasteiger partial charge in [0.05, 0.1) is 77.8 Å². The van der Waals surface area contributed by atoms with Crippen molar-refractivity contribution in [1.82, 2.24) is 48.2 Å². The molecule has 0 saturated heterocycles. The summed E-state index contributed by atoms with van der Waals surface area (Å²) in [5, 5.41) is 20.8. The van der Waals surface area contributed by atoms with E-state index in [1.807, 2.05) is 11.3 Å². The Morgan fingerprint density at radius 3 is 1.23 bits per heavy atom. The van der Waals surface area contributed by atoms with Gasteiger partial charge < -0.3 is 8.98 Å². The van der Waals surface area contributed by atoms with Crippen LogP contribution in [0.1, 0.15) is 0 Å². The molecule has 28 rings (SSSR count). The Labute approximate surface area is 733 Å². The molecule has 9 aromatic heterocycles. The van der Waals surface area contributed by atoms with Crippen molar-refractivity contribution in [3.8, 4) is 90.7 Å². The Bertz CT molecular complexity index is 9680. The lowest BCUT2D eigenvalue weighted by molar-refractivity contribution is 0.673. The van der Waals surface area contributed by atoms with Crippen LogP contribution in [0.15, 0.2) is 405 Å². The van der Waals surface area contributed by atoms with Gasteiger partial charge in [-0.25, -0.2) is 29.9 Å². The molecule has 128 heavy (non-hydrogen) atoms. The van der Waals surface area contributed by atoms with Gasteiger partial charge in [0.25, 0.3) is 0 Å². The van der Waals surface area contributed by atoms with Gasteiger partial charge in [-0.1, -0.05) is 291 Å². The van der Waals surface area contributed by atoms with Crippen LogP contribution in [0.3, 0.4) is 0 Å². The number of benzene rings is 19. The van der Waals surface area contributed by atoms with Gasteiger partial charge >= 0.3 is 0 Å². The molecule has 9 heterocycles. The molecule has 0 radical (unpaired) electrons. The van der Waals surface area contributed by atoms with Crippen LogP contribution in [0.2, 0.25) is 0 Å². The summed E-state index contributed by atoms with van der Waals surface area (Å²) in [4.78, 5) is 33.9. The number of hydrogen-bond acceptors (Lipinski definition) is 8. The van der Waals surface area contributed by atoms with Crippen LogP contribution < -0.4 is 0 Å². The average Bonchev–Trinajstić information content (AvgIpc) is 1.53. The zero-order chi connectivity index (χ0) is 83.5. The molecule has 0 aliphatic rings. The lowest BCUT2D eigenvalue weighted by atomic mass is 9.94. The molecule has 12 heteroatoms. The Morgan fingerprint density at radius 1 is 0.211 bits per heavy atom. The molecular weight excluding hydrogens is 1580 g/mol. The molecule has 0 atom stereocenters. The first-order valence-corrected chi connectivity index (χ1v) is 44.1. The molecule has 0 unspecified atom stereocenters. The summed E-state index contributed by atoms with van der Waals surface area (Å²) >= 11 is 1.87. The Kier molecular flexibility index (Phi) is 15.0. The number of hydrogen-bond donors (Lipinski definition) is 0. The lowest BCUT2D eigenvalue weighted by Crippen LogP contribution is -2.04. The van der Waals surface area contributed by atoms with Crippen molar-refractivity contribution < 1.29 is 4.42 Å². The van der Waals surface area contributed by atoms with E-state index in [1.165, 1.54) is 47.2 Å². The molecule has 0 aliphatic carbocycles. The molecule has 0 saturated carbocycles. The summed E-state index contributed by atoms with van der Waals surface area (Å²) in [6, 6.07) is 144. The fourth-order valence-corrected chi connectivity index (χ4v) is 22.2. The quantitative estimate of drug-likeness (QED) is 0.134. The average molecular weight is 1650 g/mol. The van der Waals surface area contributed by atoms with Crippen LogP contribution >= 0.6 is 11.3 Å². The third-order valence-electron chi connectivity index (χ3n) is 26.6. The van der Waals surface area contributed by atoms with E-state index in [4.69, 9.17) is 34.3 Å². The minimum atomic E-state index is 0.551. The van der Waals surface area contributed by atoms with Crippen LogP contribution in [-0.2, 0) is 0 Å². The third kappa shape index (κ3) is 10.3. The second-order valence-electron chi connectivity index (χ2n) is 33.4. The van der Waals surface area contributed by atoms with Gasteiger partial charge in [0.2, 0.25) is 17.8 Å². The van der Waals surface area contributed by atoms with E-state index in [2.05, 4.69) is 419 Å². The maximum atomic E-state index is 7.44. The molecule has 28 aromatic rings. The molecule has 19 aromatic carbocycles. The highest BCUT2D eigenvalue weighted by atomic mass is 32.1. The van der Waals surface area contributed by atoms with Crippen LogP contribution in [0.25, 0.3) is 274 Å². The highest BCUT2D eigenvalue weighted by Crippen LogP contribution is 2.52. The molecular formula is C116H66N10OS. The summed E-state index contributed by atoms with van der Waals surface area (Å²) < 4.78 is 19.2. The van der Waals surface area contributed by atoms with Gasteiger partial charge in [-0.05, 0) is 143 Å². The fraction of sp³-hybridized carbons (Fsp3) is 0. The Morgan fingerprint density at radius 2 is 0.609 bits per heavy atom. The van der Waals surface area contributed by atoms with Crippen molar-refractivity contribution in [2.24, 2.45) is 0 Å². The summed E-state index contributed by atoms with van der Waals surface area (Å²) in [5.41, 5.74) is 25.4. The van der Waals surface area contributed by atoms with E-state index in [9.17, 15) is 0 Å². The van der Waals surface area contributed by atoms with Crippen molar-refractivity contribution in [3.05, 3.63) is 400 Å². The van der Waals surface area contributed by atoms with Crippen molar-refractivity contribution in [2.75, 3.05) is 0 Å². The van der Waals surface area contributed by atoms with Crippen molar-refractivity contribution in [2.45, 2.75) is 0 Å². The SMILES string of the molecule is c1ccc(-c2nc(-n3c4ccc(-c5ccc6c(-c7ccccc7)nc(-n7c8ccccc8c8c9c%10ccc(-c%11ccccc%11-c%11nc(-n%12c%13ccccc%13c%13c%14c%15ccccc%15sc%14c%14ccccc%14c%13%12)nc%12ccccc%11%12)cc%10oc9c9ccccc9c87)nc6c5)cc4c4cc(-c5ccc6c(c5)c5ccccc5n6-c5ccccc5)ccc43)nc3ccccc23)cc1. The number of aromatic nitrogens is 10. The second-order valence-corrected chi connectivity index (χ2v) is 34.5. The van der Waals surface area contributed by atoms with Crippen molar-refractivity contribution >= 4 is 195 Å². The fourth-order valence-electron chi connectivity index (χ4n) is 21.0. The highest BCUT2D eigenvalue weighted by molar-refractivity contribution is 7.27. The van der Waals surface area contributed by atoms with Gasteiger partial charge in [0.1, 0.15) is 11.2 Å². The molecule has 0 fully saturated rings. The van der Waals surface area contributed by atoms with Crippen LogP contribution in [0.5, 0.6) is 0 Å². The minimum absolute atomic E-state index is 0.551. The third-order valence-corrected chi connectivity index (χ3v) is 27.8. The number of rotatable bonds is 10. The van der Waals surface area contributed by atoms with Crippen LogP contribution in [0.4, 0.5) is 0 Å². The maximum Gasteiger partial charge on any atom is 0.235 e. The van der Waals surface area contributed by atoms with Crippen LogP contribution in [0, 0.1) is 0 Å². The van der Waals surface area contributed by atoms with E-state index in [-0.39, 0.29) is 0 Å². The minimum Gasteiger partial charge on any atom is -0.455 e. The van der Waals surface area contributed by atoms with Crippen molar-refractivity contribution in [1.29, 1.82) is 0 Å². The van der Waals surface area contributed by atoms with E-state index in [0.29, 0.717) is 17.8 Å². The number of furan rings is 1. The van der Waals surface area contributed by atoms with Crippen LogP contribution in [-0.4, -0.2) is 48.2 Å². The number of nitrogens with zero attached hydrogens (tertiary/aromatic N) is 10. The van der Waals surface area contributed by atoms with Gasteiger partial charge in [-0.15, -0.1) is 11.3 Å². The zero-order valence-corrected chi connectivity index (χ0v) is 69.2. The largest absolute Gasteiger partial charge is 0.455 e. The maximum absolute atomic E-state index is 7.44. The van der Waals surface area contributed by atoms with E-state index in [1.54, 1.807) is 0 Å². The summed E-state index contributed by atoms with van der Waals surface area (Å²) in [6.07, 6.45) is 0. The number of thiophene rings is 1. The van der Waals surface area contributed by atoms with Gasteiger partial charge in [-0.3, -0.25) is 13.7 Å². The van der Waals surface area contributed by atoms with E-state index >= 15 is 0 Å². The predicted octanol–water partition coefficient (Wildman–Crippen LogP) is 30.5.